The molecular formula is C8H15NO4. The van der Waals surface area contributed by atoms with Gasteiger partial charge in [-0.05, 0) is 25.7 Å². The lowest BCUT2D eigenvalue weighted by atomic mass is 9.83. The summed E-state index contributed by atoms with van der Waals surface area (Å²) in [6.07, 6.45) is 1.05. The number of carboxylic acid groups (broad SMARTS) is 1. The number of hydrogen-bond acceptors (Lipinski definition) is 3. The van der Waals surface area contributed by atoms with Crippen molar-refractivity contribution in [3.63, 3.8) is 0 Å². The van der Waals surface area contributed by atoms with Crippen molar-refractivity contribution in [1.29, 1.82) is 0 Å². The zero-order valence-corrected chi connectivity index (χ0v) is 7.36. The molecule has 0 radical (unpaired) electrons. The molecule has 0 saturated heterocycles. The molecule has 76 valence electrons. The third-order valence-electron chi connectivity index (χ3n) is 2.54. The Morgan fingerprint density at radius 1 is 1.46 bits per heavy atom. The first-order valence-electron chi connectivity index (χ1n) is 4.38. The molecule has 1 fully saturated rings. The molecule has 0 aromatic carbocycles. The fraction of sp³-hybridized carbons (Fsp3) is 0.875. The number of nitrogens with one attached hydrogen (secondary N) is 1. The largest absolute Gasteiger partial charge is 0.465 e. The van der Waals surface area contributed by atoms with Crippen molar-refractivity contribution in [2.75, 3.05) is 6.61 Å². The summed E-state index contributed by atoms with van der Waals surface area (Å²) in [4.78, 5) is 10.3. The number of carbonyl (C=O) groups is 1. The van der Waals surface area contributed by atoms with Gasteiger partial charge in [0.2, 0.25) is 0 Å². The lowest BCUT2D eigenvalue weighted by Crippen LogP contribution is -2.44. The minimum atomic E-state index is -1.03. The van der Waals surface area contributed by atoms with E-state index in [0.29, 0.717) is 25.7 Å². The van der Waals surface area contributed by atoms with E-state index in [1.807, 2.05) is 0 Å². The Morgan fingerprint density at radius 2 is 2.00 bits per heavy atom. The molecule has 0 unspecified atom stereocenters. The van der Waals surface area contributed by atoms with Crippen molar-refractivity contribution in [2.45, 2.75) is 37.3 Å². The first-order chi connectivity index (χ1) is 6.06. The minimum Gasteiger partial charge on any atom is -0.465 e. The van der Waals surface area contributed by atoms with Crippen molar-refractivity contribution >= 4 is 6.09 Å². The van der Waals surface area contributed by atoms with Crippen LogP contribution in [0.3, 0.4) is 0 Å². The maximum Gasteiger partial charge on any atom is 0.404 e. The molecule has 0 heterocycles. The van der Waals surface area contributed by atoms with Crippen LogP contribution >= 0.6 is 0 Å². The van der Waals surface area contributed by atoms with Crippen molar-refractivity contribution in [1.82, 2.24) is 5.32 Å². The first-order valence-corrected chi connectivity index (χ1v) is 4.38. The summed E-state index contributed by atoms with van der Waals surface area (Å²) in [7, 11) is 0. The summed E-state index contributed by atoms with van der Waals surface area (Å²) in [5, 5.41) is 29.2. The molecular weight excluding hydrogens is 174 g/mol. The Hall–Kier alpha value is -0.810. The van der Waals surface area contributed by atoms with Crippen LogP contribution in [0.15, 0.2) is 0 Å². The van der Waals surface area contributed by atoms with Gasteiger partial charge in [0.25, 0.3) is 0 Å². The topological polar surface area (TPSA) is 89.8 Å². The van der Waals surface area contributed by atoms with Crippen LogP contribution in [-0.2, 0) is 0 Å². The molecule has 5 nitrogen and oxygen atoms in total. The van der Waals surface area contributed by atoms with Crippen LogP contribution in [0, 0.1) is 0 Å². The number of amides is 1. The van der Waals surface area contributed by atoms with Gasteiger partial charge in [-0.1, -0.05) is 0 Å². The van der Waals surface area contributed by atoms with E-state index >= 15 is 0 Å². The van der Waals surface area contributed by atoms with Crippen molar-refractivity contribution < 1.29 is 20.1 Å². The van der Waals surface area contributed by atoms with Gasteiger partial charge in [-0.25, -0.2) is 4.79 Å². The van der Waals surface area contributed by atoms with Crippen molar-refractivity contribution in [2.24, 2.45) is 0 Å². The van der Waals surface area contributed by atoms with E-state index in [1.165, 1.54) is 0 Å². The molecule has 13 heavy (non-hydrogen) atoms. The lowest BCUT2D eigenvalue weighted by Gasteiger charge is -2.34. The fourth-order valence-electron chi connectivity index (χ4n) is 1.63. The Morgan fingerprint density at radius 3 is 2.38 bits per heavy atom. The smallest absolute Gasteiger partial charge is 0.404 e. The summed E-state index contributed by atoms with van der Waals surface area (Å²) in [6, 6.07) is -0.0793. The van der Waals surface area contributed by atoms with Crippen LogP contribution in [0.4, 0.5) is 4.79 Å². The van der Waals surface area contributed by atoms with Crippen LogP contribution < -0.4 is 5.32 Å². The highest BCUT2D eigenvalue weighted by Gasteiger charge is 2.32. The number of aliphatic hydroxyl groups is 2. The van der Waals surface area contributed by atoms with Crippen LogP contribution in [-0.4, -0.2) is 39.7 Å². The summed E-state index contributed by atoms with van der Waals surface area (Å²) in [5.41, 5.74) is -0.989. The number of aliphatic hydroxyl groups excluding tert-OH is 1. The van der Waals surface area contributed by atoms with Gasteiger partial charge in [0.15, 0.2) is 0 Å². The van der Waals surface area contributed by atoms with E-state index in [0.717, 1.165) is 0 Å². The molecule has 1 saturated carbocycles. The molecule has 0 atom stereocenters. The van der Waals surface area contributed by atoms with Gasteiger partial charge in [0.05, 0.1) is 12.2 Å². The SMILES string of the molecule is O=C(O)N[C@H]1CC[C@](O)(CO)CC1. The van der Waals surface area contributed by atoms with Gasteiger partial charge in [-0.2, -0.15) is 0 Å². The summed E-state index contributed by atoms with van der Waals surface area (Å²) >= 11 is 0. The maximum absolute atomic E-state index is 10.3. The van der Waals surface area contributed by atoms with Gasteiger partial charge in [0.1, 0.15) is 0 Å². The predicted octanol–water partition coefficient (Wildman–Crippen LogP) is -0.0800. The summed E-state index contributed by atoms with van der Waals surface area (Å²) in [5.74, 6) is 0. The van der Waals surface area contributed by atoms with Crippen molar-refractivity contribution in [3.05, 3.63) is 0 Å². The fourth-order valence-corrected chi connectivity index (χ4v) is 1.63. The molecule has 1 aliphatic carbocycles. The van der Waals surface area contributed by atoms with Gasteiger partial charge in [-0.3, -0.25) is 0 Å². The van der Waals surface area contributed by atoms with E-state index in [9.17, 15) is 9.90 Å². The molecule has 1 rings (SSSR count). The molecule has 1 aliphatic rings. The van der Waals surface area contributed by atoms with Crippen LogP contribution in [0.5, 0.6) is 0 Å². The Labute approximate surface area is 76.4 Å². The highest BCUT2D eigenvalue weighted by Crippen LogP contribution is 2.27. The average molecular weight is 189 g/mol. The number of rotatable bonds is 2. The molecule has 5 heteroatoms. The molecule has 0 bridgehead atoms. The van der Waals surface area contributed by atoms with Gasteiger partial charge in [0, 0.05) is 6.04 Å². The Bertz CT molecular complexity index is 187. The van der Waals surface area contributed by atoms with E-state index in [4.69, 9.17) is 10.2 Å². The lowest BCUT2D eigenvalue weighted by molar-refractivity contribution is -0.0469. The van der Waals surface area contributed by atoms with Gasteiger partial charge < -0.3 is 20.6 Å². The van der Waals surface area contributed by atoms with Crippen LogP contribution in [0.1, 0.15) is 25.7 Å². The second kappa shape index (κ2) is 3.93. The Balaban J connectivity index is 2.34. The van der Waals surface area contributed by atoms with Gasteiger partial charge >= 0.3 is 6.09 Å². The maximum atomic E-state index is 10.3. The van der Waals surface area contributed by atoms with Crippen molar-refractivity contribution in [3.8, 4) is 0 Å². The molecule has 0 aromatic heterocycles. The van der Waals surface area contributed by atoms with Gasteiger partial charge in [-0.15, -0.1) is 0 Å². The van der Waals surface area contributed by atoms with E-state index in [1.54, 1.807) is 0 Å². The monoisotopic (exact) mass is 189 g/mol. The third kappa shape index (κ3) is 2.86. The second-order valence-electron chi connectivity index (χ2n) is 3.61. The standard InChI is InChI=1S/C8H15NO4/c10-5-8(13)3-1-6(2-4-8)9-7(11)12/h6,9-10,13H,1-5H2,(H,11,12)/t6-,8+. The summed E-state index contributed by atoms with van der Waals surface area (Å²) in [6.45, 7) is -0.243. The first kappa shape index (κ1) is 10.3. The predicted molar refractivity (Wildman–Crippen MR) is 45.5 cm³/mol. The van der Waals surface area contributed by atoms with Crippen LogP contribution in [0.2, 0.25) is 0 Å². The quantitative estimate of drug-likeness (QED) is 0.489. The average Bonchev–Trinajstić information content (AvgIpc) is 2.09. The highest BCUT2D eigenvalue weighted by atomic mass is 16.4. The zero-order valence-electron chi connectivity index (χ0n) is 7.36. The number of hydrogen-bond donors (Lipinski definition) is 4. The molecule has 0 spiro atoms. The van der Waals surface area contributed by atoms with E-state index < -0.39 is 11.7 Å². The second-order valence-corrected chi connectivity index (χ2v) is 3.61. The van der Waals surface area contributed by atoms with Crippen LogP contribution in [0.25, 0.3) is 0 Å². The zero-order chi connectivity index (χ0) is 9.90. The molecule has 4 N–H and O–H groups in total. The molecule has 0 aromatic rings. The summed E-state index contributed by atoms with van der Waals surface area (Å²) < 4.78 is 0. The molecule has 1 amide bonds. The van der Waals surface area contributed by atoms with E-state index in [-0.39, 0.29) is 12.6 Å². The highest BCUT2D eigenvalue weighted by molar-refractivity contribution is 5.64. The normalized spacial score (nSPS) is 34.2. The Kier molecular flexibility index (Phi) is 3.11. The third-order valence-corrected chi connectivity index (χ3v) is 2.54. The molecule has 0 aliphatic heterocycles. The van der Waals surface area contributed by atoms with E-state index in [2.05, 4.69) is 5.32 Å². The minimum absolute atomic E-state index is 0.0793.